The minimum Gasteiger partial charge on any atom is -0.476 e. The summed E-state index contributed by atoms with van der Waals surface area (Å²) in [5.74, 6) is -0.333. The Morgan fingerprint density at radius 1 is 1.50 bits per heavy atom. The molecule has 0 spiro atoms. The smallest absolute Gasteiger partial charge is 0.250 e. The van der Waals surface area contributed by atoms with Crippen molar-refractivity contribution in [1.29, 1.82) is 0 Å². The molecule has 0 amide bonds. The molecule has 1 aromatic heterocycles. The zero-order chi connectivity index (χ0) is 10.4. The fourth-order valence-electron chi connectivity index (χ4n) is 1.03. The maximum Gasteiger partial charge on any atom is 0.250 e. The molecule has 0 bridgehead atoms. The largest absolute Gasteiger partial charge is 0.476 e. The first-order chi connectivity index (χ1) is 6.74. The molecule has 0 aliphatic carbocycles. The maximum atomic E-state index is 13.1. The van der Waals surface area contributed by atoms with Gasteiger partial charge in [-0.2, -0.15) is 0 Å². The van der Waals surface area contributed by atoms with E-state index in [0.717, 1.165) is 19.3 Å². The topological polar surface area (TPSA) is 22.1 Å². The van der Waals surface area contributed by atoms with E-state index in [1.165, 1.54) is 12.3 Å². The minimum atomic E-state index is -0.420. The third-order valence-corrected chi connectivity index (χ3v) is 2.19. The van der Waals surface area contributed by atoms with Gasteiger partial charge in [-0.15, -0.1) is 0 Å². The Morgan fingerprint density at radius 3 is 2.93 bits per heavy atom. The molecule has 0 atom stereocenters. The van der Waals surface area contributed by atoms with Crippen LogP contribution >= 0.6 is 15.9 Å². The summed E-state index contributed by atoms with van der Waals surface area (Å²) >= 11 is 3.13. The first-order valence-corrected chi connectivity index (χ1v) is 5.47. The van der Waals surface area contributed by atoms with Crippen LogP contribution in [0.3, 0.4) is 0 Å². The van der Waals surface area contributed by atoms with Gasteiger partial charge in [-0.25, -0.2) is 9.37 Å². The van der Waals surface area contributed by atoms with E-state index in [9.17, 15) is 4.39 Å². The third kappa shape index (κ3) is 3.62. The van der Waals surface area contributed by atoms with Gasteiger partial charge in [-0.05, 0) is 28.4 Å². The highest BCUT2D eigenvalue weighted by Gasteiger charge is 2.04. The average molecular weight is 262 g/mol. The van der Waals surface area contributed by atoms with E-state index in [4.69, 9.17) is 4.74 Å². The van der Waals surface area contributed by atoms with Crippen molar-refractivity contribution in [2.24, 2.45) is 0 Å². The van der Waals surface area contributed by atoms with Crippen molar-refractivity contribution in [3.63, 3.8) is 0 Å². The first kappa shape index (κ1) is 11.4. The number of pyridine rings is 1. The van der Waals surface area contributed by atoms with Gasteiger partial charge in [-0.3, -0.25) is 0 Å². The van der Waals surface area contributed by atoms with Gasteiger partial charge in [0.15, 0.2) is 5.82 Å². The van der Waals surface area contributed by atoms with Gasteiger partial charge < -0.3 is 4.74 Å². The molecule has 2 nitrogen and oxygen atoms in total. The molecule has 0 saturated carbocycles. The lowest BCUT2D eigenvalue weighted by Gasteiger charge is -2.05. The molecular formula is C10H13BrFNO. The standard InChI is InChI=1S/C10H13BrFNO/c1-2-3-4-5-14-10-9(12)6-8(11)7-13-10/h6-7H,2-5H2,1H3. The summed E-state index contributed by atoms with van der Waals surface area (Å²) in [5, 5.41) is 0. The number of unbranched alkanes of at least 4 members (excludes halogenated alkanes) is 2. The molecule has 78 valence electrons. The molecule has 14 heavy (non-hydrogen) atoms. The minimum absolute atomic E-state index is 0.0873. The molecule has 4 heteroatoms. The van der Waals surface area contributed by atoms with Crippen LogP contribution in [0.1, 0.15) is 26.2 Å². The second-order valence-corrected chi connectivity index (χ2v) is 3.91. The number of rotatable bonds is 5. The molecule has 0 radical (unpaired) electrons. The van der Waals surface area contributed by atoms with Gasteiger partial charge in [0.2, 0.25) is 5.88 Å². The van der Waals surface area contributed by atoms with E-state index < -0.39 is 5.82 Å². The van der Waals surface area contributed by atoms with Crippen LogP contribution in [0.15, 0.2) is 16.7 Å². The Hall–Kier alpha value is -0.640. The normalized spacial score (nSPS) is 10.2. The van der Waals surface area contributed by atoms with Gasteiger partial charge >= 0.3 is 0 Å². The number of aromatic nitrogens is 1. The van der Waals surface area contributed by atoms with Crippen molar-refractivity contribution < 1.29 is 9.13 Å². The van der Waals surface area contributed by atoms with Crippen LogP contribution in [0.25, 0.3) is 0 Å². The summed E-state index contributed by atoms with van der Waals surface area (Å²) < 4.78 is 19.0. The van der Waals surface area contributed by atoms with Gasteiger partial charge in [-0.1, -0.05) is 19.8 Å². The molecule has 1 aromatic rings. The van der Waals surface area contributed by atoms with Gasteiger partial charge in [0.25, 0.3) is 0 Å². The lowest BCUT2D eigenvalue weighted by molar-refractivity contribution is 0.279. The lowest BCUT2D eigenvalue weighted by Crippen LogP contribution is -2.00. The van der Waals surface area contributed by atoms with Crippen molar-refractivity contribution in [3.8, 4) is 5.88 Å². The number of nitrogens with zero attached hydrogens (tertiary/aromatic N) is 1. The Bertz CT molecular complexity index is 293. The molecule has 0 unspecified atom stereocenters. The second kappa shape index (κ2) is 5.96. The predicted molar refractivity (Wildman–Crippen MR) is 56.9 cm³/mol. The fourth-order valence-corrected chi connectivity index (χ4v) is 1.33. The summed E-state index contributed by atoms with van der Waals surface area (Å²) in [7, 11) is 0. The van der Waals surface area contributed by atoms with E-state index in [0.29, 0.717) is 11.1 Å². The summed E-state index contributed by atoms with van der Waals surface area (Å²) in [5.41, 5.74) is 0. The molecular weight excluding hydrogens is 249 g/mol. The van der Waals surface area contributed by atoms with E-state index in [-0.39, 0.29) is 5.88 Å². The Morgan fingerprint density at radius 2 is 2.29 bits per heavy atom. The summed E-state index contributed by atoms with van der Waals surface area (Å²) in [4.78, 5) is 3.83. The fraction of sp³-hybridized carbons (Fsp3) is 0.500. The molecule has 1 rings (SSSR count). The van der Waals surface area contributed by atoms with E-state index in [1.807, 2.05) is 0 Å². The highest BCUT2D eigenvalue weighted by molar-refractivity contribution is 9.10. The lowest BCUT2D eigenvalue weighted by atomic mass is 10.3. The van der Waals surface area contributed by atoms with Crippen molar-refractivity contribution in [2.75, 3.05) is 6.61 Å². The number of ether oxygens (including phenoxy) is 1. The first-order valence-electron chi connectivity index (χ1n) is 4.68. The summed E-state index contributed by atoms with van der Waals surface area (Å²) in [6.45, 7) is 2.64. The van der Waals surface area contributed by atoms with Gasteiger partial charge in [0.05, 0.1) is 6.61 Å². The maximum absolute atomic E-state index is 13.1. The molecule has 1 heterocycles. The average Bonchev–Trinajstić information content (AvgIpc) is 2.15. The number of hydrogen-bond acceptors (Lipinski definition) is 2. The van der Waals surface area contributed by atoms with Crippen molar-refractivity contribution >= 4 is 15.9 Å². The van der Waals surface area contributed by atoms with Crippen LogP contribution in [-0.2, 0) is 0 Å². The van der Waals surface area contributed by atoms with E-state index >= 15 is 0 Å². The summed E-state index contributed by atoms with van der Waals surface area (Å²) in [6.07, 6.45) is 4.68. The Balaban J connectivity index is 2.42. The van der Waals surface area contributed by atoms with E-state index in [1.54, 1.807) is 0 Å². The SMILES string of the molecule is CCCCCOc1ncc(Br)cc1F. The van der Waals surface area contributed by atoms with Gasteiger partial charge in [0, 0.05) is 10.7 Å². The van der Waals surface area contributed by atoms with Crippen LogP contribution in [0.2, 0.25) is 0 Å². The van der Waals surface area contributed by atoms with Crippen LogP contribution in [0, 0.1) is 5.82 Å². The zero-order valence-electron chi connectivity index (χ0n) is 8.09. The monoisotopic (exact) mass is 261 g/mol. The Kier molecular flexibility index (Phi) is 4.87. The highest BCUT2D eigenvalue weighted by atomic mass is 79.9. The van der Waals surface area contributed by atoms with E-state index in [2.05, 4.69) is 27.8 Å². The Labute approximate surface area is 91.6 Å². The highest BCUT2D eigenvalue weighted by Crippen LogP contribution is 2.18. The molecule has 0 N–H and O–H groups in total. The van der Waals surface area contributed by atoms with Gasteiger partial charge in [0.1, 0.15) is 0 Å². The molecule has 0 aliphatic rings. The molecule has 0 aliphatic heterocycles. The third-order valence-electron chi connectivity index (χ3n) is 1.76. The van der Waals surface area contributed by atoms with Crippen molar-refractivity contribution in [2.45, 2.75) is 26.2 Å². The zero-order valence-corrected chi connectivity index (χ0v) is 9.68. The van der Waals surface area contributed by atoms with Crippen LogP contribution < -0.4 is 4.74 Å². The molecule has 0 fully saturated rings. The second-order valence-electron chi connectivity index (χ2n) is 3.00. The number of hydrogen-bond donors (Lipinski definition) is 0. The molecule has 0 saturated heterocycles. The predicted octanol–water partition coefficient (Wildman–Crippen LogP) is 3.55. The molecule has 0 aromatic carbocycles. The van der Waals surface area contributed by atoms with Crippen molar-refractivity contribution in [3.05, 3.63) is 22.6 Å². The van der Waals surface area contributed by atoms with Crippen LogP contribution in [0.4, 0.5) is 4.39 Å². The summed E-state index contributed by atoms with van der Waals surface area (Å²) in [6, 6.07) is 1.35. The van der Waals surface area contributed by atoms with Crippen LogP contribution in [0.5, 0.6) is 5.88 Å². The van der Waals surface area contributed by atoms with Crippen molar-refractivity contribution in [1.82, 2.24) is 4.98 Å². The van der Waals surface area contributed by atoms with Crippen LogP contribution in [-0.4, -0.2) is 11.6 Å². The quantitative estimate of drug-likeness (QED) is 0.757. The number of halogens is 2.